The average Bonchev–Trinajstić information content (AvgIpc) is 2.25. The van der Waals surface area contributed by atoms with Gasteiger partial charge in [0, 0.05) is 12.5 Å². The molecule has 1 amide bonds. The van der Waals surface area contributed by atoms with Gasteiger partial charge in [0.15, 0.2) is 0 Å². The van der Waals surface area contributed by atoms with Crippen molar-refractivity contribution < 1.29 is 4.79 Å². The quantitative estimate of drug-likeness (QED) is 0.705. The number of nitrogens with one attached hydrogen (secondary N) is 1. The van der Waals surface area contributed by atoms with E-state index in [0.29, 0.717) is 18.4 Å². The fraction of sp³-hybridized carbons (Fsp3) is 0.917. The lowest BCUT2D eigenvalue weighted by molar-refractivity contribution is -0.119. The molecule has 3 nitrogen and oxygen atoms in total. The first-order valence-corrected chi connectivity index (χ1v) is 6.25. The van der Waals surface area contributed by atoms with E-state index < -0.39 is 0 Å². The summed E-state index contributed by atoms with van der Waals surface area (Å²) in [6, 6.07) is 0.526. The van der Waals surface area contributed by atoms with Crippen molar-refractivity contribution in [1.82, 2.24) is 5.32 Å². The van der Waals surface area contributed by atoms with E-state index in [2.05, 4.69) is 12.2 Å². The van der Waals surface area contributed by atoms with Crippen LogP contribution in [0.3, 0.4) is 0 Å². The summed E-state index contributed by atoms with van der Waals surface area (Å²) in [6.07, 6.45) is 7.86. The van der Waals surface area contributed by atoms with Gasteiger partial charge in [-0.25, -0.2) is 0 Å². The van der Waals surface area contributed by atoms with Crippen LogP contribution in [0.1, 0.15) is 51.9 Å². The molecule has 1 saturated heterocycles. The molecule has 0 bridgehead atoms. The molecular formula is C12H24N2O. The molecule has 1 aliphatic rings. The van der Waals surface area contributed by atoms with Crippen LogP contribution in [0.25, 0.3) is 0 Å². The number of carbonyl (C=O) groups is 1. The number of hydrogen-bond acceptors (Lipinski definition) is 2. The minimum atomic E-state index is -0.150. The van der Waals surface area contributed by atoms with Gasteiger partial charge in [0.05, 0.1) is 0 Å². The minimum absolute atomic E-state index is 0.150. The molecule has 0 aromatic heterocycles. The Balaban J connectivity index is 2.41. The Kier molecular flexibility index (Phi) is 5.69. The van der Waals surface area contributed by atoms with Gasteiger partial charge >= 0.3 is 0 Å². The summed E-state index contributed by atoms with van der Waals surface area (Å²) in [5, 5.41) is 3.53. The summed E-state index contributed by atoms with van der Waals surface area (Å²) >= 11 is 0. The van der Waals surface area contributed by atoms with Gasteiger partial charge < -0.3 is 11.1 Å². The van der Waals surface area contributed by atoms with Crippen molar-refractivity contribution in [3.8, 4) is 0 Å². The lowest BCUT2D eigenvalue weighted by Crippen LogP contribution is -2.41. The Labute approximate surface area is 92.8 Å². The maximum absolute atomic E-state index is 11.0. The van der Waals surface area contributed by atoms with E-state index in [-0.39, 0.29) is 5.91 Å². The smallest absolute Gasteiger partial charge is 0.217 e. The zero-order valence-electron chi connectivity index (χ0n) is 9.80. The summed E-state index contributed by atoms with van der Waals surface area (Å²) in [7, 11) is 0. The number of unbranched alkanes of at least 4 members (excludes halogenated alkanes) is 1. The van der Waals surface area contributed by atoms with Gasteiger partial charge in [0.2, 0.25) is 5.91 Å². The SMILES string of the molecule is CCCCC(CC(N)=O)C1CCCCN1. The second kappa shape index (κ2) is 6.83. The van der Waals surface area contributed by atoms with Gasteiger partial charge in [-0.3, -0.25) is 4.79 Å². The molecule has 1 rings (SSSR count). The number of primary amides is 1. The molecule has 2 unspecified atom stereocenters. The first kappa shape index (κ1) is 12.5. The molecule has 3 N–H and O–H groups in total. The fourth-order valence-corrected chi connectivity index (χ4v) is 2.45. The van der Waals surface area contributed by atoms with Crippen molar-refractivity contribution in [2.24, 2.45) is 11.7 Å². The fourth-order valence-electron chi connectivity index (χ4n) is 2.45. The summed E-state index contributed by atoms with van der Waals surface area (Å²) in [4.78, 5) is 11.0. The number of piperidine rings is 1. The largest absolute Gasteiger partial charge is 0.370 e. The van der Waals surface area contributed by atoms with E-state index >= 15 is 0 Å². The van der Waals surface area contributed by atoms with E-state index in [1.54, 1.807) is 0 Å². The molecule has 1 aliphatic heterocycles. The zero-order valence-corrected chi connectivity index (χ0v) is 9.80. The van der Waals surface area contributed by atoms with Crippen molar-refractivity contribution in [1.29, 1.82) is 0 Å². The van der Waals surface area contributed by atoms with Crippen molar-refractivity contribution in [3.05, 3.63) is 0 Å². The van der Waals surface area contributed by atoms with Crippen LogP contribution in [0.4, 0.5) is 0 Å². The number of carbonyl (C=O) groups excluding carboxylic acids is 1. The Morgan fingerprint density at radius 3 is 2.87 bits per heavy atom. The lowest BCUT2D eigenvalue weighted by Gasteiger charge is -2.30. The minimum Gasteiger partial charge on any atom is -0.370 e. The molecule has 1 fully saturated rings. The van der Waals surface area contributed by atoms with Crippen LogP contribution in [0.2, 0.25) is 0 Å². The first-order valence-electron chi connectivity index (χ1n) is 6.25. The van der Waals surface area contributed by atoms with Crippen molar-refractivity contribution >= 4 is 5.91 Å². The van der Waals surface area contributed by atoms with Gasteiger partial charge in [-0.15, -0.1) is 0 Å². The second-order valence-corrected chi connectivity index (χ2v) is 4.63. The van der Waals surface area contributed by atoms with Gasteiger partial charge in [-0.05, 0) is 31.7 Å². The third kappa shape index (κ3) is 4.65. The normalized spacial score (nSPS) is 23.7. The summed E-state index contributed by atoms with van der Waals surface area (Å²) < 4.78 is 0. The Morgan fingerprint density at radius 2 is 2.33 bits per heavy atom. The molecule has 0 aromatic rings. The highest BCUT2D eigenvalue weighted by Gasteiger charge is 2.23. The first-order chi connectivity index (χ1) is 7.24. The predicted molar refractivity (Wildman–Crippen MR) is 62.5 cm³/mol. The topological polar surface area (TPSA) is 55.1 Å². The maximum atomic E-state index is 11.0. The van der Waals surface area contributed by atoms with Crippen molar-refractivity contribution in [3.63, 3.8) is 0 Å². The van der Waals surface area contributed by atoms with E-state index in [0.717, 1.165) is 13.0 Å². The molecule has 3 heteroatoms. The zero-order chi connectivity index (χ0) is 11.1. The Morgan fingerprint density at radius 1 is 1.53 bits per heavy atom. The van der Waals surface area contributed by atoms with Crippen molar-refractivity contribution in [2.45, 2.75) is 57.9 Å². The van der Waals surface area contributed by atoms with Crippen LogP contribution in [-0.2, 0) is 4.79 Å². The van der Waals surface area contributed by atoms with Crippen molar-refractivity contribution in [2.75, 3.05) is 6.54 Å². The molecular weight excluding hydrogens is 188 g/mol. The molecule has 1 heterocycles. The molecule has 0 aromatic carbocycles. The molecule has 0 spiro atoms. The van der Waals surface area contributed by atoms with E-state index in [9.17, 15) is 4.79 Å². The highest BCUT2D eigenvalue weighted by atomic mass is 16.1. The van der Waals surface area contributed by atoms with Crippen LogP contribution in [0.5, 0.6) is 0 Å². The van der Waals surface area contributed by atoms with Crippen LogP contribution >= 0.6 is 0 Å². The highest BCUT2D eigenvalue weighted by Crippen LogP contribution is 2.23. The third-order valence-corrected chi connectivity index (χ3v) is 3.31. The van der Waals surface area contributed by atoms with Gasteiger partial charge in [0.1, 0.15) is 0 Å². The van der Waals surface area contributed by atoms with E-state index in [4.69, 9.17) is 5.73 Å². The van der Waals surface area contributed by atoms with E-state index in [1.807, 2.05) is 0 Å². The highest BCUT2D eigenvalue weighted by molar-refractivity contribution is 5.74. The number of amides is 1. The van der Waals surface area contributed by atoms with Crippen LogP contribution in [-0.4, -0.2) is 18.5 Å². The maximum Gasteiger partial charge on any atom is 0.217 e. The number of rotatable bonds is 6. The predicted octanol–water partition coefficient (Wildman–Crippen LogP) is 1.81. The third-order valence-electron chi connectivity index (χ3n) is 3.31. The standard InChI is InChI=1S/C12H24N2O/c1-2-3-6-10(9-12(13)15)11-7-4-5-8-14-11/h10-11,14H,2-9H2,1H3,(H2,13,15). The molecule has 0 saturated carbocycles. The van der Waals surface area contributed by atoms with Gasteiger partial charge in [-0.2, -0.15) is 0 Å². The number of nitrogens with two attached hydrogens (primary N) is 1. The number of hydrogen-bond donors (Lipinski definition) is 2. The molecule has 0 aliphatic carbocycles. The monoisotopic (exact) mass is 212 g/mol. The molecule has 0 radical (unpaired) electrons. The Hall–Kier alpha value is -0.570. The summed E-state index contributed by atoms with van der Waals surface area (Å²) in [6.45, 7) is 3.29. The van der Waals surface area contributed by atoms with Crippen LogP contribution in [0, 0.1) is 5.92 Å². The average molecular weight is 212 g/mol. The summed E-state index contributed by atoms with van der Waals surface area (Å²) in [5.41, 5.74) is 5.31. The Bertz CT molecular complexity index is 188. The second-order valence-electron chi connectivity index (χ2n) is 4.63. The van der Waals surface area contributed by atoms with E-state index in [1.165, 1.54) is 32.1 Å². The molecule has 88 valence electrons. The van der Waals surface area contributed by atoms with Gasteiger partial charge in [-0.1, -0.05) is 26.2 Å². The van der Waals surface area contributed by atoms with Crippen LogP contribution in [0.15, 0.2) is 0 Å². The molecule has 15 heavy (non-hydrogen) atoms. The van der Waals surface area contributed by atoms with Crippen LogP contribution < -0.4 is 11.1 Å². The van der Waals surface area contributed by atoms with Gasteiger partial charge in [0.25, 0.3) is 0 Å². The summed E-state index contributed by atoms with van der Waals surface area (Å²) in [5.74, 6) is 0.311. The lowest BCUT2D eigenvalue weighted by atomic mass is 9.86. The molecule has 2 atom stereocenters.